The zero-order valence-corrected chi connectivity index (χ0v) is 14.7. The van der Waals surface area contributed by atoms with Crippen molar-refractivity contribution in [3.63, 3.8) is 0 Å². The normalized spacial score (nSPS) is 28.2. The Morgan fingerprint density at radius 2 is 1.95 bits per heavy atom. The third-order valence-electron chi connectivity index (χ3n) is 4.46. The fourth-order valence-corrected chi connectivity index (χ4v) is 3.26. The van der Waals surface area contributed by atoms with Crippen molar-refractivity contribution < 1.29 is 9.53 Å². The number of Topliss-reactive ketones (excluding diaryl/α,β-unsaturated/α-hetero) is 1. The molecule has 2 rings (SSSR count). The Balaban J connectivity index is 2.34. The monoisotopic (exact) mass is 350 g/mol. The first-order valence-electron chi connectivity index (χ1n) is 7.48. The number of methoxy groups -OCH3 is 1. The summed E-state index contributed by atoms with van der Waals surface area (Å²) in [5.41, 5.74) is 1.98. The molecule has 2 unspecified atom stereocenters. The molecule has 0 N–H and O–H groups in total. The van der Waals surface area contributed by atoms with Crippen LogP contribution < -0.4 is 4.74 Å². The molecule has 0 bridgehead atoms. The molecule has 0 aliphatic heterocycles. The lowest BCUT2D eigenvalue weighted by Gasteiger charge is -2.38. The van der Waals surface area contributed by atoms with Crippen LogP contribution in [0.1, 0.15) is 39.2 Å². The lowest BCUT2D eigenvalue weighted by molar-refractivity contribution is -0.120. The average molecular weight is 351 g/mol. The summed E-state index contributed by atoms with van der Waals surface area (Å²) in [6, 6.07) is 7.83. The maximum absolute atomic E-state index is 12.9. The lowest BCUT2D eigenvalue weighted by Crippen LogP contribution is -2.43. The quantitative estimate of drug-likeness (QED) is 0.574. The van der Waals surface area contributed by atoms with E-state index < -0.39 is 4.32 Å². The van der Waals surface area contributed by atoms with E-state index in [-0.39, 0.29) is 11.7 Å². The van der Waals surface area contributed by atoms with Crippen LogP contribution >= 0.6 is 15.9 Å². The molecule has 0 saturated heterocycles. The zero-order chi connectivity index (χ0) is 15.6. The fraction of sp³-hybridized carbons (Fsp3) is 0.500. The molecular formula is C18H23BrO2. The molecule has 114 valence electrons. The number of ketones is 1. The number of carbonyl (C=O) groups is 1. The highest BCUT2D eigenvalue weighted by molar-refractivity contribution is 9.10. The number of halogens is 1. The highest BCUT2D eigenvalue weighted by atomic mass is 79.9. The largest absolute Gasteiger partial charge is 0.497 e. The standard InChI is InChI=1S/C18H23BrO2/c1-12(2)18(19)10-9-13(3)16(17(18)20)11-14-5-7-15(21-4)8-6-14/h5-8,11-13H,9-10H2,1-4H3/b16-11-. The first-order valence-corrected chi connectivity index (χ1v) is 8.27. The first-order chi connectivity index (χ1) is 9.88. The van der Waals surface area contributed by atoms with Crippen LogP contribution in [0.3, 0.4) is 0 Å². The summed E-state index contributed by atoms with van der Waals surface area (Å²) in [6.07, 6.45) is 3.98. The topological polar surface area (TPSA) is 26.3 Å². The summed E-state index contributed by atoms with van der Waals surface area (Å²) in [7, 11) is 1.65. The van der Waals surface area contributed by atoms with Crippen molar-refractivity contribution in [2.45, 2.75) is 37.9 Å². The van der Waals surface area contributed by atoms with Crippen molar-refractivity contribution in [1.29, 1.82) is 0 Å². The van der Waals surface area contributed by atoms with Gasteiger partial charge in [-0.3, -0.25) is 4.79 Å². The molecule has 1 aromatic carbocycles. The van der Waals surface area contributed by atoms with Crippen LogP contribution in [-0.4, -0.2) is 17.2 Å². The number of ether oxygens (including phenoxy) is 1. The molecule has 1 saturated carbocycles. The minimum Gasteiger partial charge on any atom is -0.497 e. The van der Waals surface area contributed by atoms with Gasteiger partial charge in [-0.05, 0) is 48.4 Å². The predicted octanol–water partition coefficient (Wildman–Crippen LogP) is 4.87. The summed E-state index contributed by atoms with van der Waals surface area (Å²) in [5, 5.41) is 0. The van der Waals surface area contributed by atoms with E-state index in [0.717, 1.165) is 29.7 Å². The second kappa shape index (κ2) is 6.35. The number of benzene rings is 1. The van der Waals surface area contributed by atoms with Gasteiger partial charge in [0.1, 0.15) is 5.75 Å². The molecular weight excluding hydrogens is 328 g/mol. The fourth-order valence-electron chi connectivity index (χ4n) is 2.80. The van der Waals surface area contributed by atoms with Gasteiger partial charge in [0.05, 0.1) is 11.4 Å². The van der Waals surface area contributed by atoms with Crippen LogP contribution in [0, 0.1) is 11.8 Å². The first kappa shape index (κ1) is 16.3. The van der Waals surface area contributed by atoms with Gasteiger partial charge in [0.15, 0.2) is 5.78 Å². The molecule has 21 heavy (non-hydrogen) atoms. The van der Waals surface area contributed by atoms with Gasteiger partial charge >= 0.3 is 0 Å². The minimum atomic E-state index is -0.405. The molecule has 3 heteroatoms. The Morgan fingerprint density at radius 3 is 2.48 bits per heavy atom. The van der Waals surface area contributed by atoms with Crippen molar-refractivity contribution >= 4 is 27.8 Å². The van der Waals surface area contributed by atoms with Crippen molar-refractivity contribution in [2.24, 2.45) is 11.8 Å². The number of allylic oxidation sites excluding steroid dienone is 1. The van der Waals surface area contributed by atoms with E-state index in [0.29, 0.717) is 5.92 Å². The van der Waals surface area contributed by atoms with Gasteiger partial charge < -0.3 is 4.74 Å². The van der Waals surface area contributed by atoms with E-state index in [1.807, 2.05) is 30.3 Å². The number of carbonyl (C=O) groups excluding carboxylic acids is 1. The van der Waals surface area contributed by atoms with E-state index in [2.05, 4.69) is 36.7 Å². The van der Waals surface area contributed by atoms with E-state index >= 15 is 0 Å². The van der Waals surface area contributed by atoms with Crippen LogP contribution in [0.4, 0.5) is 0 Å². The summed E-state index contributed by atoms with van der Waals surface area (Å²) in [5.74, 6) is 1.67. The van der Waals surface area contributed by atoms with E-state index in [1.165, 1.54) is 0 Å². The predicted molar refractivity (Wildman–Crippen MR) is 90.9 cm³/mol. The molecule has 0 radical (unpaired) electrons. The Kier molecular flexibility index (Phi) is 4.92. The number of hydrogen-bond donors (Lipinski definition) is 0. The van der Waals surface area contributed by atoms with Gasteiger partial charge in [-0.1, -0.05) is 48.8 Å². The Hall–Kier alpha value is -1.09. The smallest absolute Gasteiger partial charge is 0.176 e. The van der Waals surface area contributed by atoms with Crippen molar-refractivity contribution in [3.05, 3.63) is 35.4 Å². The molecule has 0 aromatic heterocycles. The van der Waals surface area contributed by atoms with Gasteiger partial charge in [0, 0.05) is 5.57 Å². The van der Waals surface area contributed by atoms with Crippen LogP contribution in [0.2, 0.25) is 0 Å². The van der Waals surface area contributed by atoms with Crippen molar-refractivity contribution in [2.75, 3.05) is 7.11 Å². The van der Waals surface area contributed by atoms with Crippen molar-refractivity contribution in [3.8, 4) is 5.75 Å². The zero-order valence-electron chi connectivity index (χ0n) is 13.2. The Labute approximate surface area is 135 Å². The lowest BCUT2D eigenvalue weighted by atomic mass is 9.73. The molecule has 1 aromatic rings. The van der Waals surface area contributed by atoms with Crippen LogP contribution in [-0.2, 0) is 4.79 Å². The average Bonchev–Trinajstić information content (AvgIpc) is 2.48. The third-order valence-corrected chi connectivity index (χ3v) is 6.14. The van der Waals surface area contributed by atoms with E-state index in [9.17, 15) is 4.79 Å². The molecule has 0 heterocycles. The minimum absolute atomic E-state index is 0.243. The van der Waals surface area contributed by atoms with Gasteiger partial charge in [0.2, 0.25) is 0 Å². The second-order valence-electron chi connectivity index (χ2n) is 6.16. The van der Waals surface area contributed by atoms with E-state index in [4.69, 9.17) is 4.74 Å². The summed E-state index contributed by atoms with van der Waals surface area (Å²) in [4.78, 5) is 12.9. The number of alkyl halides is 1. The second-order valence-corrected chi connectivity index (χ2v) is 7.57. The molecule has 1 aliphatic carbocycles. The highest BCUT2D eigenvalue weighted by Crippen LogP contribution is 2.44. The SMILES string of the molecule is COc1ccc(/C=C2\C(=O)C(Br)(C(C)C)CCC2C)cc1. The third kappa shape index (κ3) is 3.23. The molecule has 0 amide bonds. The Morgan fingerprint density at radius 1 is 1.33 bits per heavy atom. The molecule has 2 atom stereocenters. The van der Waals surface area contributed by atoms with Crippen LogP contribution in [0.5, 0.6) is 5.75 Å². The van der Waals surface area contributed by atoms with Crippen LogP contribution in [0.25, 0.3) is 6.08 Å². The van der Waals surface area contributed by atoms with Gasteiger partial charge in [-0.25, -0.2) is 0 Å². The summed E-state index contributed by atoms with van der Waals surface area (Å²) < 4.78 is 4.77. The number of hydrogen-bond acceptors (Lipinski definition) is 2. The molecule has 1 fully saturated rings. The van der Waals surface area contributed by atoms with Gasteiger partial charge in [0.25, 0.3) is 0 Å². The highest BCUT2D eigenvalue weighted by Gasteiger charge is 2.44. The van der Waals surface area contributed by atoms with Crippen LogP contribution in [0.15, 0.2) is 29.8 Å². The Bertz CT molecular complexity index is 545. The summed E-state index contributed by atoms with van der Waals surface area (Å²) >= 11 is 3.72. The maximum Gasteiger partial charge on any atom is 0.176 e. The molecule has 0 spiro atoms. The van der Waals surface area contributed by atoms with Gasteiger partial charge in [-0.15, -0.1) is 0 Å². The molecule has 2 nitrogen and oxygen atoms in total. The van der Waals surface area contributed by atoms with E-state index in [1.54, 1.807) is 7.11 Å². The number of rotatable bonds is 3. The van der Waals surface area contributed by atoms with Gasteiger partial charge in [-0.2, -0.15) is 0 Å². The van der Waals surface area contributed by atoms with Crippen molar-refractivity contribution in [1.82, 2.24) is 0 Å². The molecule has 1 aliphatic rings. The summed E-state index contributed by atoms with van der Waals surface area (Å²) in [6.45, 7) is 6.35. The maximum atomic E-state index is 12.9.